The third-order valence-electron chi connectivity index (χ3n) is 7.46. The molecule has 5 rings (SSSR count). The number of pyridine rings is 1. The Hall–Kier alpha value is -2.37. The van der Waals surface area contributed by atoms with Gasteiger partial charge in [0.2, 0.25) is 5.91 Å². The minimum absolute atomic E-state index is 0. The molecule has 16 heteroatoms. The Balaban J connectivity index is 0.00000242. The molecular weight excluding hydrogens is 594 g/mol. The first kappa shape index (κ1) is 34.1. The number of fused-ring (bicyclic) bond motifs is 1. The van der Waals surface area contributed by atoms with Gasteiger partial charge >= 0.3 is 17.9 Å². The number of amides is 3. The first-order valence-electron chi connectivity index (χ1n) is 13.0. The fourth-order valence-electron chi connectivity index (χ4n) is 5.65. The number of carbonyl (C=O) groups excluding carboxylic acids is 2. The molecule has 10 nitrogen and oxygen atoms in total. The molecule has 2 aromatic heterocycles. The van der Waals surface area contributed by atoms with Crippen molar-refractivity contribution < 1.29 is 37.0 Å². The number of imidazole rings is 1. The zero-order chi connectivity index (χ0) is 28.6. The predicted octanol–water partition coefficient (Wildman–Crippen LogP) is 2.83. The largest absolute Gasteiger partial charge is 0.412 e. The van der Waals surface area contributed by atoms with Gasteiger partial charge in [0.25, 0.3) is 0 Å². The Morgan fingerprint density at radius 1 is 1.07 bits per heavy atom. The zero-order valence-electron chi connectivity index (χ0n) is 22.8. The van der Waals surface area contributed by atoms with Crippen LogP contribution in [0.4, 0.5) is 26.7 Å². The average Bonchev–Trinajstić information content (AvgIpc) is 3.17. The summed E-state index contributed by atoms with van der Waals surface area (Å²) < 4.78 is 70.1. The second kappa shape index (κ2) is 13.9. The molecular formula is C26H29F5KN6O4. The van der Waals surface area contributed by atoms with E-state index in [4.69, 9.17) is 0 Å². The second-order valence-electron chi connectivity index (χ2n) is 10.1. The molecule has 223 valence electrons. The van der Waals surface area contributed by atoms with Gasteiger partial charge in [0.15, 0.2) is 17.3 Å². The van der Waals surface area contributed by atoms with E-state index in [9.17, 15) is 36.3 Å². The zero-order valence-corrected chi connectivity index (χ0v) is 25.9. The molecule has 1 aromatic carbocycles. The molecule has 4 N–H and O–H groups in total. The average molecular weight is 624 g/mol. The SMILES string of the molecule is O.O=C1[C@H](NC(=O)N2CCCCC2n2c(=O)[nH]c3ncccc32)CC[C@@H](c2cccc(F)c2F)CN1CC(F)(F)F.[K]. The molecule has 42 heavy (non-hydrogen) atoms. The van der Waals surface area contributed by atoms with Crippen molar-refractivity contribution in [3.8, 4) is 0 Å². The van der Waals surface area contributed by atoms with Crippen molar-refractivity contribution in [3.63, 3.8) is 0 Å². The van der Waals surface area contributed by atoms with Crippen LogP contribution in [-0.2, 0) is 4.79 Å². The summed E-state index contributed by atoms with van der Waals surface area (Å²) in [6.07, 6.45) is -2.22. The van der Waals surface area contributed by atoms with Crippen LogP contribution in [0.25, 0.3) is 11.2 Å². The number of H-pyrrole nitrogens is 1. The first-order chi connectivity index (χ1) is 19.0. The van der Waals surface area contributed by atoms with Crippen LogP contribution in [0, 0.1) is 11.6 Å². The summed E-state index contributed by atoms with van der Waals surface area (Å²) in [4.78, 5) is 48.2. The Morgan fingerprint density at radius 3 is 2.57 bits per heavy atom. The fourth-order valence-corrected chi connectivity index (χ4v) is 5.65. The first-order valence-corrected chi connectivity index (χ1v) is 13.0. The number of urea groups is 1. The van der Waals surface area contributed by atoms with Gasteiger partial charge in [-0.2, -0.15) is 13.2 Å². The van der Waals surface area contributed by atoms with Crippen LogP contribution < -0.4 is 11.0 Å². The van der Waals surface area contributed by atoms with Crippen molar-refractivity contribution in [1.29, 1.82) is 0 Å². The molecule has 3 atom stereocenters. The molecule has 0 bridgehead atoms. The Bertz CT molecular complexity index is 1480. The minimum Gasteiger partial charge on any atom is -0.412 e. The smallest absolute Gasteiger partial charge is 0.406 e. The van der Waals surface area contributed by atoms with Crippen LogP contribution in [0.1, 0.15) is 49.8 Å². The van der Waals surface area contributed by atoms with Crippen molar-refractivity contribution in [2.75, 3.05) is 19.6 Å². The molecule has 0 saturated carbocycles. The van der Waals surface area contributed by atoms with Crippen molar-refractivity contribution in [3.05, 3.63) is 64.2 Å². The molecule has 2 aliphatic heterocycles. The van der Waals surface area contributed by atoms with Crippen molar-refractivity contribution in [2.45, 2.75) is 56.4 Å². The van der Waals surface area contributed by atoms with Gasteiger partial charge in [-0.15, -0.1) is 0 Å². The molecule has 4 heterocycles. The monoisotopic (exact) mass is 623 g/mol. The summed E-state index contributed by atoms with van der Waals surface area (Å²) in [5.74, 6) is -4.20. The van der Waals surface area contributed by atoms with Gasteiger partial charge in [0.05, 0.1) is 5.52 Å². The number of aromatic amines is 1. The number of nitrogens with one attached hydrogen (secondary N) is 2. The number of alkyl halides is 3. The summed E-state index contributed by atoms with van der Waals surface area (Å²) >= 11 is 0. The van der Waals surface area contributed by atoms with E-state index in [2.05, 4.69) is 15.3 Å². The van der Waals surface area contributed by atoms with Crippen molar-refractivity contribution >= 4 is 74.5 Å². The minimum atomic E-state index is -4.75. The maximum atomic E-state index is 14.5. The molecule has 2 aliphatic rings. The number of aromatic nitrogens is 3. The topological polar surface area (TPSA) is 135 Å². The number of halogens is 5. The third kappa shape index (κ3) is 7.22. The van der Waals surface area contributed by atoms with E-state index in [0.29, 0.717) is 28.9 Å². The quantitative estimate of drug-likeness (QED) is 0.342. The van der Waals surface area contributed by atoms with Crippen LogP contribution in [0.15, 0.2) is 41.3 Å². The number of rotatable bonds is 4. The van der Waals surface area contributed by atoms with E-state index in [1.807, 2.05) is 0 Å². The van der Waals surface area contributed by atoms with Gasteiger partial charge in [0.1, 0.15) is 18.8 Å². The van der Waals surface area contributed by atoms with Crippen LogP contribution in [0.2, 0.25) is 0 Å². The van der Waals surface area contributed by atoms with E-state index in [-0.39, 0.29) is 81.8 Å². The molecule has 0 aliphatic carbocycles. The maximum Gasteiger partial charge on any atom is 0.406 e. The van der Waals surface area contributed by atoms with Gasteiger partial charge in [0, 0.05) is 76.6 Å². The summed E-state index contributed by atoms with van der Waals surface area (Å²) in [5.41, 5.74) is 0.227. The molecule has 0 spiro atoms. The standard InChI is InChI=1S/C26H27F5N6O3.K.H2O/c27-17-6-3-5-16(21(17)28)15-9-10-18(23(38)35(13-15)14-26(29,30)31)33-24(39)36-12-2-1-8-20(36)37-19-7-4-11-32-22(19)34-25(37)40;;/h3-7,11,15,18,20H,1-2,8-10,12-14H2,(H,33,39)(H,32,34,40);;1H2/t15-,18-,20?;;/m1../s1. The molecule has 2 saturated heterocycles. The number of hydrogen-bond acceptors (Lipinski definition) is 4. The van der Waals surface area contributed by atoms with E-state index in [1.54, 1.807) is 12.1 Å². The number of nitrogens with zero attached hydrogens (tertiary/aromatic N) is 4. The predicted molar refractivity (Wildman–Crippen MR) is 143 cm³/mol. The number of piperidine rings is 1. The Labute approximate surface area is 279 Å². The normalized spacial score (nSPS) is 21.4. The summed E-state index contributed by atoms with van der Waals surface area (Å²) in [5, 5.41) is 2.57. The van der Waals surface area contributed by atoms with Crippen LogP contribution in [0.3, 0.4) is 0 Å². The van der Waals surface area contributed by atoms with Crippen LogP contribution in [-0.4, -0.2) is 125 Å². The molecule has 3 amide bonds. The molecule has 1 radical (unpaired) electrons. The molecule has 2 fully saturated rings. The van der Waals surface area contributed by atoms with Crippen LogP contribution >= 0.6 is 0 Å². The molecule has 1 unspecified atom stereocenters. The van der Waals surface area contributed by atoms with Gasteiger partial charge in [-0.05, 0) is 55.9 Å². The summed E-state index contributed by atoms with van der Waals surface area (Å²) in [6, 6.07) is 4.73. The van der Waals surface area contributed by atoms with Gasteiger partial charge in [-0.3, -0.25) is 14.3 Å². The number of benzene rings is 1. The number of likely N-dealkylation sites (tertiary alicyclic amines) is 2. The van der Waals surface area contributed by atoms with E-state index in [1.165, 1.54) is 27.8 Å². The third-order valence-corrected chi connectivity index (χ3v) is 7.46. The van der Waals surface area contributed by atoms with Gasteiger partial charge in [-0.1, -0.05) is 12.1 Å². The summed E-state index contributed by atoms with van der Waals surface area (Å²) in [6.45, 7) is -1.84. The van der Waals surface area contributed by atoms with E-state index in [0.717, 1.165) is 12.5 Å². The van der Waals surface area contributed by atoms with E-state index >= 15 is 0 Å². The van der Waals surface area contributed by atoms with Crippen molar-refractivity contribution in [1.82, 2.24) is 29.7 Å². The van der Waals surface area contributed by atoms with Gasteiger partial charge in [-0.25, -0.2) is 23.4 Å². The van der Waals surface area contributed by atoms with Crippen molar-refractivity contribution in [2.24, 2.45) is 0 Å². The number of hydrogen-bond donors (Lipinski definition) is 2. The Kier molecular flexibility index (Phi) is 11.3. The summed E-state index contributed by atoms with van der Waals surface area (Å²) in [7, 11) is 0. The number of carbonyl (C=O) groups is 2. The van der Waals surface area contributed by atoms with Crippen LogP contribution in [0.5, 0.6) is 0 Å². The van der Waals surface area contributed by atoms with Gasteiger partial charge < -0.3 is 20.6 Å². The molecule has 3 aromatic rings. The van der Waals surface area contributed by atoms with E-state index < -0.39 is 66.7 Å². The second-order valence-corrected chi connectivity index (χ2v) is 10.1. The fraction of sp³-hybridized carbons (Fsp3) is 0.462. The maximum absolute atomic E-state index is 14.5. The Morgan fingerprint density at radius 2 is 1.83 bits per heavy atom.